The van der Waals surface area contributed by atoms with Crippen LogP contribution in [0.15, 0.2) is 0 Å². The van der Waals surface area contributed by atoms with Crippen molar-refractivity contribution in [2.45, 2.75) is 6.10 Å². The summed E-state index contributed by atoms with van der Waals surface area (Å²) in [6.07, 6.45) is -0.885. The highest BCUT2D eigenvalue weighted by atomic mass is 32.2. The van der Waals surface area contributed by atoms with Gasteiger partial charge in [0, 0.05) is 7.11 Å². The van der Waals surface area contributed by atoms with Crippen LogP contribution in [0.5, 0.6) is 0 Å². The standard InChI is InChI=1S/C6H14O9S2/c1-13-2-6(15-5-17(10,11)12)3-14-4-16(7,8)9/h6H,2-5H2,1H3,(H,7,8,9)(H,10,11,12). The lowest BCUT2D eigenvalue weighted by Crippen LogP contribution is -2.28. The Morgan fingerprint density at radius 2 is 1.53 bits per heavy atom. The summed E-state index contributed by atoms with van der Waals surface area (Å²) >= 11 is 0. The van der Waals surface area contributed by atoms with Gasteiger partial charge in [-0.1, -0.05) is 0 Å². The summed E-state index contributed by atoms with van der Waals surface area (Å²) in [4.78, 5) is 0. The summed E-state index contributed by atoms with van der Waals surface area (Å²) in [5, 5.41) is 0. The summed E-state index contributed by atoms with van der Waals surface area (Å²) in [5.41, 5.74) is 0. The molecule has 0 amide bonds. The Morgan fingerprint density at radius 3 is 1.94 bits per heavy atom. The van der Waals surface area contributed by atoms with Crippen molar-refractivity contribution in [1.29, 1.82) is 0 Å². The number of ether oxygens (including phenoxy) is 3. The SMILES string of the molecule is COCC(COCS(=O)(=O)O)OCS(=O)(=O)O. The monoisotopic (exact) mass is 294 g/mol. The lowest BCUT2D eigenvalue weighted by Gasteiger charge is -2.15. The maximum absolute atomic E-state index is 10.4. The molecule has 0 aliphatic rings. The van der Waals surface area contributed by atoms with Crippen LogP contribution in [0.4, 0.5) is 0 Å². The Morgan fingerprint density at radius 1 is 1.00 bits per heavy atom. The molecule has 0 aromatic rings. The fourth-order valence-electron chi connectivity index (χ4n) is 0.797. The molecule has 0 spiro atoms. The second-order valence-corrected chi connectivity index (χ2v) is 5.81. The first kappa shape index (κ1) is 16.7. The zero-order chi connectivity index (χ0) is 13.5. The maximum atomic E-state index is 10.4. The van der Waals surface area contributed by atoms with E-state index in [1.54, 1.807) is 0 Å². The van der Waals surface area contributed by atoms with E-state index < -0.39 is 38.2 Å². The number of rotatable bonds is 9. The third-order valence-corrected chi connectivity index (χ3v) is 2.24. The number of hydrogen-bond acceptors (Lipinski definition) is 7. The van der Waals surface area contributed by atoms with Crippen LogP contribution in [0.3, 0.4) is 0 Å². The molecule has 0 rings (SSSR count). The summed E-state index contributed by atoms with van der Waals surface area (Å²) < 4.78 is 72.1. The quantitative estimate of drug-likeness (QED) is 0.498. The van der Waals surface area contributed by atoms with E-state index in [0.29, 0.717) is 0 Å². The Labute approximate surface area is 99.2 Å². The predicted molar refractivity (Wildman–Crippen MR) is 55.5 cm³/mol. The largest absolute Gasteiger partial charge is 0.382 e. The third kappa shape index (κ3) is 12.0. The average Bonchev–Trinajstić information content (AvgIpc) is 2.11. The van der Waals surface area contributed by atoms with Crippen LogP contribution in [-0.2, 0) is 34.4 Å². The highest BCUT2D eigenvalue weighted by Crippen LogP contribution is 1.98. The molecule has 0 saturated carbocycles. The summed E-state index contributed by atoms with van der Waals surface area (Å²) in [7, 11) is -7.24. The average molecular weight is 294 g/mol. The Hall–Kier alpha value is -0.300. The molecule has 0 aliphatic heterocycles. The van der Waals surface area contributed by atoms with Gasteiger partial charge in [-0.05, 0) is 0 Å². The molecule has 0 aliphatic carbocycles. The third-order valence-electron chi connectivity index (χ3n) is 1.34. The number of hydrogen-bond donors (Lipinski definition) is 2. The molecule has 0 heterocycles. The molecular formula is C6H14O9S2. The molecular weight excluding hydrogens is 280 g/mol. The molecule has 0 fully saturated rings. The molecule has 0 saturated heterocycles. The summed E-state index contributed by atoms with van der Waals surface area (Å²) in [5.74, 6) is -1.90. The summed E-state index contributed by atoms with van der Waals surface area (Å²) in [6.45, 7) is -0.385. The molecule has 0 aromatic carbocycles. The highest BCUT2D eigenvalue weighted by molar-refractivity contribution is 7.85. The molecule has 1 unspecified atom stereocenters. The van der Waals surface area contributed by atoms with Crippen molar-refractivity contribution in [3.8, 4) is 0 Å². The van der Waals surface area contributed by atoms with Gasteiger partial charge < -0.3 is 14.2 Å². The molecule has 2 N–H and O–H groups in total. The van der Waals surface area contributed by atoms with Gasteiger partial charge >= 0.3 is 0 Å². The highest BCUT2D eigenvalue weighted by Gasteiger charge is 2.15. The Bertz CT molecular complexity index is 397. The van der Waals surface area contributed by atoms with E-state index in [1.807, 2.05) is 0 Å². The molecule has 11 heteroatoms. The lowest BCUT2D eigenvalue weighted by atomic mass is 10.4. The zero-order valence-electron chi connectivity index (χ0n) is 8.97. The van der Waals surface area contributed by atoms with Gasteiger partial charge in [0.25, 0.3) is 20.2 Å². The van der Waals surface area contributed by atoms with Gasteiger partial charge in [-0.2, -0.15) is 16.8 Å². The van der Waals surface area contributed by atoms with E-state index >= 15 is 0 Å². The van der Waals surface area contributed by atoms with Gasteiger partial charge in [-0.25, -0.2) is 0 Å². The van der Waals surface area contributed by atoms with E-state index in [2.05, 4.69) is 9.47 Å². The van der Waals surface area contributed by atoms with Crippen molar-refractivity contribution < 1.29 is 40.2 Å². The van der Waals surface area contributed by atoms with Crippen molar-refractivity contribution in [2.24, 2.45) is 0 Å². The second kappa shape index (κ2) is 7.20. The van der Waals surface area contributed by atoms with E-state index in [-0.39, 0.29) is 13.2 Å². The lowest BCUT2D eigenvalue weighted by molar-refractivity contribution is -0.0305. The van der Waals surface area contributed by atoms with Crippen molar-refractivity contribution >= 4 is 20.2 Å². The van der Waals surface area contributed by atoms with E-state index in [9.17, 15) is 16.8 Å². The van der Waals surface area contributed by atoms with Gasteiger partial charge in [0.05, 0.1) is 13.2 Å². The Balaban J connectivity index is 4.07. The minimum atomic E-state index is -4.29. The number of methoxy groups -OCH3 is 1. The van der Waals surface area contributed by atoms with Gasteiger partial charge in [0.15, 0.2) is 11.9 Å². The molecule has 9 nitrogen and oxygen atoms in total. The van der Waals surface area contributed by atoms with Gasteiger partial charge in [0.2, 0.25) is 0 Å². The minimum Gasteiger partial charge on any atom is -0.382 e. The fourth-order valence-corrected chi connectivity index (χ4v) is 1.47. The normalized spacial score (nSPS) is 14.8. The first-order chi connectivity index (χ1) is 7.64. The van der Waals surface area contributed by atoms with Crippen LogP contribution in [0, 0.1) is 0 Å². The van der Waals surface area contributed by atoms with Crippen LogP contribution in [0.1, 0.15) is 0 Å². The first-order valence-electron chi connectivity index (χ1n) is 4.22. The molecule has 0 bridgehead atoms. The maximum Gasteiger partial charge on any atom is 0.289 e. The van der Waals surface area contributed by atoms with Gasteiger partial charge in [-0.3, -0.25) is 9.11 Å². The zero-order valence-corrected chi connectivity index (χ0v) is 10.6. The van der Waals surface area contributed by atoms with Crippen molar-refractivity contribution in [3.05, 3.63) is 0 Å². The fraction of sp³-hybridized carbons (Fsp3) is 1.00. The van der Waals surface area contributed by atoms with Crippen molar-refractivity contribution in [3.63, 3.8) is 0 Å². The van der Waals surface area contributed by atoms with Crippen LogP contribution in [-0.4, -0.2) is 64.2 Å². The van der Waals surface area contributed by atoms with E-state index in [4.69, 9.17) is 13.8 Å². The van der Waals surface area contributed by atoms with Gasteiger partial charge in [-0.15, -0.1) is 0 Å². The minimum absolute atomic E-state index is 0.0685. The topological polar surface area (TPSA) is 136 Å². The van der Waals surface area contributed by atoms with Crippen LogP contribution < -0.4 is 0 Å². The summed E-state index contributed by atoms with van der Waals surface area (Å²) in [6, 6.07) is 0. The molecule has 0 aromatic heterocycles. The first-order valence-corrected chi connectivity index (χ1v) is 7.44. The predicted octanol–water partition coefficient (Wildman–Crippen LogP) is -1.27. The van der Waals surface area contributed by atoms with Crippen LogP contribution >= 0.6 is 0 Å². The van der Waals surface area contributed by atoms with Crippen molar-refractivity contribution in [2.75, 3.05) is 32.2 Å². The molecule has 17 heavy (non-hydrogen) atoms. The second-order valence-electron chi connectivity index (χ2n) is 3.01. The molecule has 104 valence electrons. The van der Waals surface area contributed by atoms with Crippen LogP contribution in [0.2, 0.25) is 0 Å². The van der Waals surface area contributed by atoms with Crippen molar-refractivity contribution in [1.82, 2.24) is 0 Å². The Kier molecular flexibility index (Phi) is 7.08. The van der Waals surface area contributed by atoms with E-state index in [1.165, 1.54) is 7.11 Å². The smallest absolute Gasteiger partial charge is 0.289 e. The molecule has 1 atom stereocenters. The van der Waals surface area contributed by atoms with Gasteiger partial charge in [0.1, 0.15) is 6.10 Å². The van der Waals surface area contributed by atoms with E-state index in [0.717, 1.165) is 0 Å². The van der Waals surface area contributed by atoms with Crippen LogP contribution in [0.25, 0.3) is 0 Å². The molecule has 0 radical (unpaired) electrons.